The van der Waals surface area contributed by atoms with E-state index in [1.165, 1.54) is 24.7 Å². The van der Waals surface area contributed by atoms with E-state index in [9.17, 15) is 4.57 Å². The standard InChI is InChI=1S/C6H12N3O3P/c1-6(2,13(10,11)12)5-9-4-3-7-8-9/h3-4H,5H2,1-2H3,(H2,10,11,12)/p+1. The Hall–Kier alpha value is -0.710. The van der Waals surface area contributed by atoms with E-state index in [2.05, 4.69) is 10.3 Å². The Morgan fingerprint density at radius 1 is 1.62 bits per heavy atom. The van der Waals surface area contributed by atoms with Crippen molar-refractivity contribution in [3.05, 3.63) is 12.4 Å². The predicted octanol–water partition coefficient (Wildman–Crippen LogP) is -0.347. The number of nitrogens with one attached hydrogen (secondary N) is 1. The molecule has 0 saturated carbocycles. The van der Waals surface area contributed by atoms with Gasteiger partial charge in [0, 0.05) is 5.10 Å². The lowest BCUT2D eigenvalue weighted by Crippen LogP contribution is -2.45. The van der Waals surface area contributed by atoms with Crippen LogP contribution in [0.3, 0.4) is 0 Å². The van der Waals surface area contributed by atoms with Gasteiger partial charge in [0.1, 0.15) is 11.7 Å². The highest BCUT2D eigenvalue weighted by atomic mass is 31.2. The third-order valence-corrected chi connectivity index (χ3v) is 3.57. The van der Waals surface area contributed by atoms with Gasteiger partial charge in [0.2, 0.25) is 6.20 Å². The van der Waals surface area contributed by atoms with Gasteiger partial charge in [-0.05, 0) is 13.8 Å². The van der Waals surface area contributed by atoms with Gasteiger partial charge in [0.25, 0.3) is 0 Å². The molecule has 0 amide bonds. The van der Waals surface area contributed by atoms with Crippen LogP contribution in [0, 0.1) is 0 Å². The summed E-state index contributed by atoms with van der Waals surface area (Å²) in [4.78, 5) is 18.0. The van der Waals surface area contributed by atoms with E-state index in [0.717, 1.165) is 0 Å². The third kappa shape index (κ3) is 2.37. The molecule has 0 bridgehead atoms. The minimum Gasteiger partial charge on any atom is -0.324 e. The van der Waals surface area contributed by atoms with Crippen molar-refractivity contribution < 1.29 is 19.0 Å². The van der Waals surface area contributed by atoms with E-state index in [4.69, 9.17) is 9.79 Å². The average Bonchev–Trinajstić information content (AvgIpc) is 2.35. The van der Waals surface area contributed by atoms with E-state index in [1.54, 1.807) is 6.20 Å². The number of nitrogens with zero attached hydrogens (tertiary/aromatic N) is 2. The molecule has 0 fully saturated rings. The van der Waals surface area contributed by atoms with E-state index in [1.807, 2.05) is 0 Å². The van der Waals surface area contributed by atoms with Gasteiger partial charge in [0.15, 0.2) is 6.20 Å². The minimum absolute atomic E-state index is 0.206. The highest BCUT2D eigenvalue weighted by Gasteiger charge is 2.40. The van der Waals surface area contributed by atoms with Crippen molar-refractivity contribution in [2.24, 2.45) is 0 Å². The summed E-state index contributed by atoms with van der Waals surface area (Å²) in [6.45, 7) is 3.24. The van der Waals surface area contributed by atoms with Gasteiger partial charge in [-0.25, -0.2) is 0 Å². The normalized spacial score (nSPS) is 13.2. The molecule has 1 aromatic heterocycles. The third-order valence-electron chi connectivity index (χ3n) is 1.85. The Kier molecular flexibility index (Phi) is 2.56. The van der Waals surface area contributed by atoms with Crippen LogP contribution in [0.1, 0.15) is 13.8 Å². The number of aromatic nitrogens is 3. The number of rotatable bonds is 3. The maximum atomic E-state index is 11.0. The molecule has 0 aromatic carbocycles. The molecule has 1 aromatic rings. The zero-order valence-electron chi connectivity index (χ0n) is 7.51. The molecule has 0 atom stereocenters. The van der Waals surface area contributed by atoms with Gasteiger partial charge >= 0.3 is 7.60 Å². The SMILES string of the molecule is CC(C)(C[n+]1ccn[nH]1)P(=O)(O)O. The molecule has 74 valence electrons. The molecule has 1 heterocycles. The fourth-order valence-electron chi connectivity index (χ4n) is 0.852. The van der Waals surface area contributed by atoms with Gasteiger partial charge in [-0.2, -0.15) is 4.68 Å². The van der Waals surface area contributed by atoms with Crippen molar-refractivity contribution in [2.75, 3.05) is 0 Å². The summed E-state index contributed by atoms with van der Waals surface area (Å²) in [6.07, 6.45) is 3.15. The van der Waals surface area contributed by atoms with E-state index >= 15 is 0 Å². The molecule has 0 aliphatic heterocycles. The lowest BCUT2D eigenvalue weighted by atomic mass is 10.2. The largest absolute Gasteiger partial charge is 0.335 e. The first-order chi connectivity index (χ1) is 5.83. The Bertz CT molecular complexity index is 316. The van der Waals surface area contributed by atoms with Crippen LogP contribution in [0.4, 0.5) is 0 Å². The van der Waals surface area contributed by atoms with Crippen molar-refractivity contribution in [2.45, 2.75) is 25.5 Å². The highest BCUT2D eigenvalue weighted by molar-refractivity contribution is 7.53. The molecule has 0 unspecified atom stereocenters. The van der Waals surface area contributed by atoms with Crippen molar-refractivity contribution in [3.8, 4) is 0 Å². The molecule has 0 saturated heterocycles. The second kappa shape index (κ2) is 3.21. The van der Waals surface area contributed by atoms with Gasteiger partial charge in [0.05, 0.1) is 0 Å². The fourth-order valence-corrected chi connectivity index (χ4v) is 1.19. The zero-order chi connectivity index (χ0) is 10.1. The smallest absolute Gasteiger partial charge is 0.324 e. The first kappa shape index (κ1) is 10.4. The van der Waals surface area contributed by atoms with Crippen molar-refractivity contribution in [1.29, 1.82) is 0 Å². The summed E-state index contributed by atoms with van der Waals surface area (Å²) in [5.74, 6) is 0. The predicted molar refractivity (Wildman–Crippen MR) is 44.9 cm³/mol. The molecule has 7 heteroatoms. The summed E-state index contributed by atoms with van der Waals surface area (Å²) >= 11 is 0. The quantitative estimate of drug-likeness (QED) is 0.466. The Labute approximate surface area is 75.7 Å². The van der Waals surface area contributed by atoms with Crippen LogP contribution in [0.2, 0.25) is 0 Å². The zero-order valence-corrected chi connectivity index (χ0v) is 8.40. The number of hydrogen-bond donors (Lipinski definition) is 3. The molecular formula is C6H13N3O3P+. The van der Waals surface area contributed by atoms with Gasteiger partial charge in [-0.1, -0.05) is 5.21 Å². The molecule has 0 aliphatic carbocycles. The molecule has 0 spiro atoms. The highest BCUT2D eigenvalue weighted by Crippen LogP contribution is 2.49. The summed E-state index contributed by atoms with van der Waals surface area (Å²) in [5.41, 5.74) is 0. The lowest BCUT2D eigenvalue weighted by molar-refractivity contribution is -0.756. The van der Waals surface area contributed by atoms with Crippen molar-refractivity contribution in [3.63, 3.8) is 0 Å². The summed E-state index contributed by atoms with van der Waals surface area (Å²) in [7, 11) is -4.08. The van der Waals surface area contributed by atoms with Crippen LogP contribution < -0.4 is 4.68 Å². The van der Waals surface area contributed by atoms with E-state index in [0.29, 0.717) is 0 Å². The van der Waals surface area contributed by atoms with Crippen molar-refractivity contribution >= 4 is 7.60 Å². The van der Waals surface area contributed by atoms with Gasteiger partial charge < -0.3 is 9.79 Å². The summed E-state index contributed by atoms with van der Waals surface area (Å²) in [6, 6.07) is 0. The van der Waals surface area contributed by atoms with Crippen LogP contribution >= 0.6 is 7.60 Å². The molecule has 1 rings (SSSR count). The summed E-state index contributed by atoms with van der Waals surface area (Å²) < 4.78 is 12.6. The first-order valence-electron chi connectivity index (χ1n) is 3.77. The molecule has 0 radical (unpaired) electrons. The topological polar surface area (TPSA) is 90.1 Å². The van der Waals surface area contributed by atoms with Crippen LogP contribution in [-0.4, -0.2) is 25.3 Å². The van der Waals surface area contributed by atoms with Crippen LogP contribution in [0.25, 0.3) is 0 Å². The molecule has 3 N–H and O–H groups in total. The summed E-state index contributed by atoms with van der Waals surface area (Å²) in [5, 5.41) is 5.18. The maximum absolute atomic E-state index is 11.0. The van der Waals surface area contributed by atoms with Crippen LogP contribution in [-0.2, 0) is 11.1 Å². The van der Waals surface area contributed by atoms with E-state index in [-0.39, 0.29) is 6.54 Å². The maximum Gasteiger partial charge on any atom is 0.335 e. The van der Waals surface area contributed by atoms with Gasteiger partial charge in [-0.15, -0.1) is 0 Å². The monoisotopic (exact) mass is 206 g/mol. The Balaban J connectivity index is 2.80. The van der Waals surface area contributed by atoms with Crippen molar-refractivity contribution in [1.82, 2.24) is 10.3 Å². The van der Waals surface area contributed by atoms with Gasteiger partial charge in [-0.3, -0.25) is 4.57 Å². The second-order valence-electron chi connectivity index (χ2n) is 3.51. The number of H-pyrrole nitrogens is 1. The molecule has 13 heavy (non-hydrogen) atoms. The Morgan fingerprint density at radius 3 is 2.62 bits per heavy atom. The van der Waals surface area contributed by atoms with E-state index < -0.39 is 12.8 Å². The minimum atomic E-state index is -4.08. The van der Waals surface area contributed by atoms with Crippen LogP contribution in [0.15, 0.2) is 12.4 Å². The lowest BCUT2D eigenvalue weighted by Gasteiger charge is -2.22. The number of aromatic amines is 1. The van der Waals surface area contributed by atoms with Crippen LogP contribution in [0.5, 0.6) is 0 Å². The molecule has 0 aliphatic rings. The fraction of sp³-hybridized carbons (Fsp3) is 0.667. The molecular weight excluding hydrogens is 193 g/mol. The molecule has 6 nitrogen and oxygen atoms in total. The Morgan fingerprint density at radius 2 is 2.23 bits per heavy atom. The average molecular weight is 206 g/mol. The number of hydrogen-bond acceptors (Lipinski definition) is 2. The first-order valence-corrected chi connectivity index (χ1v) is 5.39. The second-order valence-corrected chi connectivity index (χ2v) is 5.81.